The maximum Gasteiger partial charge on any atom is 0.225 e. The van der Waals surface area contributed by atoms with E-state index in [1.54, 1.807) is 0 Å². The second-order valence-corrected chi connectivity index (χ2v) is 2.91. The van der Waals surface area contributed by atoms with Crippen molar-refractivity contribution in [2.45, 2.75) is 18.9 Å². The standard InChI is InChI=1S/C7H12N2O3/c8-6(11)1-2-9-4-5(10)3-7(9)12/h5,10H,1-4H2,(H2,8,11). The fourth-order valence-corrected chi connectivity index (χ4v) is 1.21. The van der Waals surface area contributed by atoms with Gasteiger partial charge in [0.2, 0.25) is 11.8 Å². The van der Waals surface area contributed by atoms with Crippen LogP contribution in [-0.4, -0.2) is 41.0 Å². The van der Waals surface area contributed by atoms with Crippen LogP contribution in [-0.2, 0) is 9.59 Å². The minimum absolute atomic E-state index is 0.108. The summed E-state index contributed by atoms with van der Waals surface area (Å²) in [6.45, 7) is 0.650. The number of carbonyl (C=O) groups is 2. The van der Waals surface area contributed by atoms with Crippen molar-refractivity contribution in [2.75, 3.05) is 13.1 Å². The molecule has 1 saturated heterocycles. The van der Waals surface area contributed by atoms with Gasteiger partial charge in [0.05, 0.1) is 12.5 Å². The number of aliphatic hydroxyl groups excluding tert-OH is 1. The van der Waals surface area contributed by atoms with Gasteiger partial charge >= 0.3 is 0 Å². The van der Waals surface area contributed by atoms with E-state index in [1.165, 1.54) is 4.90 Å². The molecule has 1 atom stereocenters. The molecule has 68 valence electrons. The Kier molecular flexibility index (Phi) is 2.65. The molecule has 2 amide bonds. The van der Waals surface area contributed by atoms with Crippen LogP contribution in [0, 0.1) is 0 Å². The lowest BCUT2D eigenvalue weighted by Crippen LogP contribution is -2.29. The zero-order valence-corrected chi connectivity index (χ0v) is 6.69. The summed E-state index contributed by atoms with van der Waals surface area (Å²) in [7, 11) is 0. The van der Waals surface area contributed by atoms with Gasteiger partial charge in [-0.25, -0.2) is 0 Å². The van der Waals surface area contributed by atoms with Crippen LogP contribution in [0.5, 0.6) is 0 Å². The first-order chi connectivity index (χ1) is 5.59. The van der Waals surface area contributed by atoms with E-state index in [1.807, 2.05) is 0 Å². The monoisotopic (exact) mass is 172 g/mol. The van der Waals surface area contributed by atoms with Gasteiger partial charge < -0.3 is 15.7 Å². The summed E-state index contributed by atoms with van der Waals surface area (Å²) in [5.41, 5.74) is 4.91. The molecule has 1 aliphatic heterocycles. The highest BCUT2D eigenvalue weighted by Crippen LogP contribution is 2.10. The number of likely N-dealkylation sites (tertiary alicyclic amines) is 1. The van der Waals surface area contributed by atoms with Crippen molar-refractivity contribution in [1.82, 2.24) is 4.90 Å². The molecular formula is C7H12N2O3. The first-order valence-electron chi connectivity index (χ1n) is 3.83. The normalized spacial score (nSPS) is 23.2. The van der Waals surface area contributed by atoms with Crippen LogP contribution in [0.25, 0.3) is 0 Å². The number of rotatable bonds is 3. The maximum absolute atomic E-state index is 11.0. The van der Waals surface area contributed by atoms with Crippen LogP contribution in [0.2, 0.25) is 0 Å². The number of nitrogens with zero attached hydrogens (tertiary/aromatic N) is 1. The van der Waals surface area contributed by atoms with Crippen molar-refractivity contribution < 1.29 is 14.7 Å². The number of aliphatic hydroxyl groups is 1. The van der Waals surface area contributed by atoms with Crippen molar-refractivity contribution >= 4 is 11.8 Å². The van der Waals surface area contributed by atoms with Gasteiger partial charge in [0.1, 0.15) is 0 Å². The Labute approximate surface area is 70.1 Å². The Morgan fingerprint density at radius 1 is 1.75 bits per heavy atom. The van der Waals surface area contributed by atoms with E-state index in [9.17, 15) is 9.59 Å². The van der Waals surface area contributed by atoms with Crippen molar-refractivity contribution in [3.8, 4) is 0 Å². The Balaban J connectivity index is 2.33. The first kappa shape index (κ1) is 8.99. The number of hydrogen-bond acceptors (Lipinski definition) is 3. The number of hydrogen-bond donors (Lipinski definition) is 2. The van der Waals surface area contributed by atoms with Crippen molar-refractivity contribution in [3.05, 3.63) is 0 Å². The van der Waals surface area contributed by atoms with Crippen LogP contribution in [0.15, 0.2) is 0 Å². The average Bonchev–Trinajstić information content (AvgIpc) is 2.26. The predicted octanol–water partition coefficient (Wildman–Crippen LogP) is -1.54. The Hall–Kier alpha value is -1.10. The third kappa shape index (κ3) is 2.20. The smallest absolute Gasteiger partial charge is 0.225 e. The van der Waals surface area contributed by atoms with E-state index in [0.717, 1.165) is 0 Å². The topological polar surface area (TPSA) is 83.6 Å². The molecule has 12 heavy (non-hydrogen) atoms. The summed E-state index contributed by atoms with van der Waals surface area (Å²) in [6, 6.07) is 0. The zero-order valence-electron chi connectivity index (χ0n) is 6.69. The second kappa shape index (κ2) is 3.53. The molecule has 0 spiro atoms. The number of primary amides is 1. The van der Waals surface area contributed by atoms with Crippen LogP contribution in [0.1, 0.15) is 12.8 Å². The van der Waals surface area contributed by atoms with Crippen molar-refractivity contribution in [1.29, 1.82) is 0 Å². The lowest BCUT2D eigenvalue weighted by Gasteiger charge is -2.13. The summed E-state index contributed by atoms with van der Waals surface area (Å²) in [5, 5.41) is 9.06. The Bertz CT molecular complexity index is 205. The molecule has 5 heteroatoms. The fraction of sp³-hybridized carbons (Fsp3) is 0.714. The van der Waals surface area contributed by atoms with Gasteiger partial charge in [0, 0.05) is 19.5 Å². The molecule has 0 bridgehead atoms. The van der Waals surface area contributed by atoms with Crippen LogP contribution in [0.3, 0.4) is 0 Å². The predicted molar refractivity (Wildman–Crippen MR) is 41.0 cm³/mol. The first-order valence-corrected chi connectivity index (χ1v) is 3.83. The molecule has 1 aliphatic rings. The van der Waals surface area contributed by atoms with E-state index < -0.39 is 12.0 Å². The molecule has 0 aromatic rings. The van der Waals surface area contributed by atoms with E-state index in [2.05, 4.69) is 0 Å². The number of β-amino-alcohol motifs (C(OH)–C–C–N with tert-alkyl or cyclic N) is 1. The van der Waals surface area contributed by atoms with Gasteiger partial charge in [-0.1, -0.05) is 0 Å². The van der Waals surface area contributed by atoms with E-state index in [4.69, 9.17) is 10.8 Å². The molecule has 0 saturated carbocycles. The van der Waals surface area contributed by atoms with E-state index in [-0.39, 0.29) is 18.7 Å². The fourth-order valence-electron chi connectivity index (χ4n) is 1.21. The SMILES string of the molecule is NC(=O)CCN1CC(O)CC1=O. The summed E-state index contributed by atoms with van der Waals surface area (Å²) in [5.74, 6) is -0.534. The molecule has 5 nitrogen and oxygen atoms in total. The Morgan fingerprint density at radius 3 is 2.83 bits per heavy atom. The zero-order chi connectivity index (χ0) is 9.14. The molecule has 1 unspecified atom stereocenters. The minimum Gasteiger partial charge on any atom is -0.391 e. The number of carbonyl (C=O) groups excluding carboxylic acids is 2. The molecule has 0 aliphatic carbocycles. The minimum atomic E-state index is -0.578. The van der Waals surface area contributed by atoms with Crippen molar-refractivity contribution in [3.63, 3.8) is 0 Å². The lowest BCUT2D eigenvalue weighted by molar-refractivity contribution is -0.128. The Morgan fingerprint density at radius 2 is 2.42 bits per heavy atom. The van der Waals surface area contributed by atoms with Crippen LogP contribution >= 0.6 is 0 Å². The average molecular weight is 172 g/mol. The molecule has 1 rings (SSSR count). The highest BCUT2D eigenvalue weighted by Gasteiger charge is 2.27. The molecule has 0 aromatic heterocycles. The summed E-state index contributed by atoms with van der Waals surface area (Å²) in [6.07, 6.45) is -0.248. The number of nitrogens with two attached hydrogens (primary N) is 1. The highest BCUT2D eigenvalue weighted by molar-refractivity contribution is 5.80. The third-order valence-electron chi connectivity index (χ3n) is 1.82. The molecule has 1 heterocycles. The summed E-state index contributed by atoms with van der Waals surface area (Å²) < 4.78 is 0. The van der Waals surface area contributed by atoms with Crippen LogP contribution < -0.4 is 5.73 Å². The molecule has 3 N–H and O–H groups in total. The molecular weight excluding hydrogens is 160 g/mol. The number of amides is 2. The van der Waals surface area contributed by atoms with Crippen molar-refractivity contribution in [2.24, 2.45) is 5.73 Å². The molecule has 1 fully saturated rings. The van der Waals surface area contributed by atoms with Gasteiger partial charge in [-0.2, -0.15) is 0 Å². The third-order valence-corrected chi connectivity index (χ3v) is 1.82. The van der Waals surface area contributed by atoms with Gasteiger partial charge in [-0.05, 0) is 0 Å². The highest BCUT2D eigenvalue weighted by atomic mass is 16.3. The largest absolute Gasteiger partial charge is 0.391 e. The second-order valence-electron chi connectivity index (χ2n) is 2.91. The lowest BCUT2D eigenvalue weighted by atomic mass is 10.3. The van der Waals surface area contributed by atoms with Gasteiger partial charge in [-0.15, -0.1) is 0 Å². The maximum atomic E-state index is 11.0. The van der Waals surface area contributed by atoms with Gasteiger partial charge in [-0.3, -0.25) is 9.59 Å². The quantitative estimate of drug-likeness (QED) is 0.541. The van der Waals surface area contributed by atoms with Gasteiger partial charge in [0.25, 0.3) is 0 Å². The summed E-state index contributed by atoms with van der Waals surface area (Å²) in [4.78, 5) is 22.8. The molecule has 0 aromatic carbocycles. The van der Waals surface area contributed by atoms with Gasteiger partial charge in [0.15, 0.2) is 0 Å². The molecule has 0 radical (unpaired) electrons. The van der Waals surface area contributed by atoms with Crippen LogP contribution in [0.4, 0.5) is 0 Å². The van der Waals surface area contributed by atoms with E-state index >= 15 is 0 Å². The summed E-state index contributed by atoms with van der Waals surface area (Å²) >= 11 is 0. The van der Waals surface area contributed by atoms with E-state index in [0.29, 0.717) is 13.1 Å².